The van der Waals surface area contributed by atoms with Crippen molar-refractivity contribution in [2.24, 2.45) is 5.73 Å². The lowest BCUT2D eigenvalue weighted by atomic mass is 10.1. The zero-order valence-electron chi connectivity index (χ0n) is 11.2. The monoisotopic (exact) mass is 288 g/mol. The number of halogens is 1. The Hall–Kier alpha value is -1.84. The highest BCUT2D eigenvalue weighted by atomic mass is 35.5. The van der Waals surface area contributed by atoms with Crippen molar-refractivity contribution in [3.8, 4) is 0 Å². The van der Waals surface area contributed by atoms with Gasteiger partial charge in [-0.25, -0.2) is 0 Å². The first kappa shape index (κ1) is 14.6. The van der Waals surface area contributed by atoms with Crippen LogP contribution in [0.1, 0.15) is 30.1 Å². The number of hydrogen-bond acceptors (Lipinski definition) is 2. The van der Waals surface area contributed by atoms with Gasteiger partial charge in [-0.2, -0.15) is 0 Å². The Morgan fingerprint density at radius 2 is 1.75 bits per heavy atom. The second kappa shape index (κ2) is 6.55. The fourth-order valence-corrected chi connectivity index (χ4v) is 2.17. The Balaban J connectivity index is 2.04. The Labute approximate surface area is 123 Å². The predicted molar refractivity (Wildman–Crippen MR) is 81.4 cm³/mol. The van der Waals surface area contributed by atoms with Gasteiger partial charge in [0.05, 0.1) is 6.04 Å². The van der Waals surface area contributed by atoms with Gasteiger partial charge >= 0.3 is 0 Å². The maximum absolute atomic E-state index is 12.1. The third kappa shape index (κ3) is 3.59. The minimum atomic E-state index is -0.669. The van der Waals surface area contributed by atoms with Crippen LogP contribution in [0.5, 0.6) is 0 Å². The second-order valence-corrected chi connectivity index (χ2v) is 5.11. The minimum Gasteiger partial charge on any atom is -0.348 e. The van der Waals surface area contributed by atoms with E-state index in [1.54, 1.807) is 6.07 Å². The molecule has 2 aromatic carbocycles. The van der Waals surface area contributed by atoms with Crippen LogP contribution in [0.25, 0.3) is 0 Å². The molecule has 104 valence electrons. The van der Waals surface area contributed by atoms with E-state index in [0.29, 0.717) is 5.02 Å². The summed E-state index contributed by atoms with van der Waals surface area (Å²) in [6.07, 6.45) is 0. The van der Waals surface area contributed by atoms with Gasteiger partial charge in [-0.15, -0.1) is 0 Å². The van der Waals surface area contributed by atoms with Gasteiger partial charge in [0.25, 0.3) is 0 Å². The smallest absolute Gasteiger partial charge is 0.241 e. The topological polar surface area (TPSA) is 55.1 Å². The molecule has 20 heavy (non-hydrogen) atoms. The normalized spacial score (nSPS) is 13.6. The molecule has 0 aromatic heterocycles. The summed E-state index contributed by atoms with van der Waals surface area (Å²) in [5.74, 6) is -0.205. The summed E-state index contributed by atoms with van der Waals surface area (Å²) in [5.41, 5.74) is 7.70. The molecule has 0 spiro atoms. The first-order valence-electron chi connectivity index (χ1n) is 6.44. The summed E-state index contributed by atoms with van der Waals surface area (Å²) in [7, 11) is 0. The van der Waals surface area contributed by atoms with Crippen LogP contribution in [-0.2, 0) is 4.79 Å². The van der Waals surface area contributed by atoms with E-state index in [-0.39, 0.29) is 11.9 Å². The van der Waals surface area contributed by atoms with Crippen molar-refractivity contribution in [1.29, 1.82) is 0 Å². The van der Waals surface area contributed by atoms with Gasteiger partial charge in [0.2, 0.25) is 5.91 Å². The molecule has 0 aliphatic heterocycles. The molecule has 2 aromatic rings. The van der Waals surface area contributed by atoms with Gasteiger partial charge in [0, 0.05) is 5.02 Å². The first-order valence-corrected chi connectivity index (χ1v) is 6.82. The van der Waals surface area contributed by atoms with Crippen molar-refractivity contribution in [1.82, 2.24) is 5.32 Å². The number of carbonyl (C=O) groups is 1. The van der Waals surface area contributed by atoms with Crippen LogP contribution < -0.4 is 11.1 Å². The molecule has 0 radical (unpaired) electrons. The predicted octanol–water partition coefficient (Wildman–Crippen LogP) is 3.22. The van der Waals surface area contributed by atoms with Crippen molar-refractivity contribution in [2.75, 3.05) is 0 Å². The lowest BCUT2D eigenvalue weighted by molar-refractivity contribution is -0.123. The van der Waals surface area contributed by atoms with Crippen LogP contribution in [-0.4, -0.2) is 5.91 Å². The Kier molecular flexibility index (Phi) is 4.77. The average Bonchev–Trinajstić information content (AvgIpc) is 2.47. The van der Waals surface area contributed by atoms with Gasteiger partial charge in [-0.1, -0.05) is 54.1 Å². The number of rotatable bonds is 4. The van der Waals surface area contributed by atoms with Gasteiger partial charge < -0.3 is 11.1 Å². The van der Waals surface area contributed by atoms with Gasteiger partial charge in [-0.3, -0.25) is 4.79 Å². The molecule has 0 aliphatic carbocycles. The van der Waals surface area contributed by atoms with Crippen molar-refractivity contribution < 1.29 is 4.79 Å². The number of carbonyl (C=O) groups excluding carboxylic acids is 1. The summed E-state index contributed by atoms with van der Waals surface area (Å²) < 4.78 is 0. The molecule has 4 heteroatoms. The molecule has 1 amide bonds. The Morgan fingerprint density at radius 3 is 2.40 bits per heavy atom. The Bertz CT molecular complexity index is 586. The maximum atomic E-state index is 12.1. The largest absolute Gasteiger partial charge is 0.348 e. The second-order valence-electron chi connectivity index (χ2n) is 4.67. The number of nitrogens with one attached hydrogen (secondary N) is 1. The summed E-state index contributed by atoms with van der Waals surface area (Å²) >= 11 is 5.95. The van der Waals surface area contributed by atoms with Crippen LogP contribution in [0.4, 0.5) is 0 Å². The number of hydrogen-bond donors (Lipinski definition) is 2. The van der Waals surface area contributed by atoms with E-state index in [1.807, 2.05) is 55.5 Å². The fraction of sp³-hybridized carbons (Fsp3) is 0.188. The van der Waals surface area contributed by atoms with Crippen molar-refractivity contribution >= 4 is 17.5 Å². The number of nitrogens with two attached hydrogens (primary N) is 1. The number of benzene rings is 2. The Morgan fingerprint density at radius 1 is 1.10 bits per heavy atom. The molecule has 0 heterocycles. The zero-order chi connectivity index (χ0) is 14.5. The third-order valence-electron chi connectivity index (χ3n) is 3.15. The molecule has 2 rings (SSSR count). The molecule has 3 nitrogen and oxygen atoms in total. The summed E-state index contributed by atoms with van der Waals surface area (Å²) in [4.78, 5) is 12.1. The lowest BCUT2D eigenvalue weighted by Crippen LogP contribution is -2.35. The summed E-state index contributed by atoms with van der Waals surface area (Å²) in [5, 5.41) is 3.55. The molecule has 3 N–H and O–H groups in total. The zero-order valence-corrected chi connectivity index (χ0v) is 12.0. The van der Waals surface area contributed by atoms with Crippen molar-refractivity contribution in [3.05, 3.63) is 70.7 Å². The summed E-state index contributed by atoms with van der Waals surface area (Å²) in [6.45, 7) is 1.90. The van der Waals surface area contributed by atoms with E-state index in [0.717, 1.165) is 11.1 Å². The highest BCUT2D eigenvalue weighted by Crippen LogP contribution is 2.18. The molecular weight excluding hydrogens is 272 g/mol. The molecular formula is C16H17ClN2O. The first-order chi connectivity index (χ1) is 9.58. The van der Waals surface area contributed by atoms with E-state index < -0.39 is 6.04 Å². The molecule has 0 saturated carbocycles. The number of amides is 1. The van der Waals surface area contributed by atoms with Gasteiger partial charge in [0.15, 0.2) is 0 Å². The average molecular weight is 289 g/mol. The van der Waals surface area contributed by atoms with E-state index >= 15 is 0 Å². The highest BCUT2D eigenvalue weighted by Gasteiger charge is 2.18. The third-order valence-corrected chi connectivity index (χ3v) is 3.38. The van der Waals surface area contributed by atoms with E-state index in [2.05, 4.69) is 5.32 Å². The van der Waals surface area contributed by atoms with E-state index in [9.17, 15) is 4.79 Å². The van der Waals surface area contributed by atoms with Crippen molar-refractivity contribution in [2.45, 2.75) is 19.0 Å². The van der Waals surface area contributed by atoms with E-state index in [4.69, 9.17) is 17.3 Å². The standard InChI is InChI=1S/C16H17ClN2O/c1-11(13-8-5-9-14(17)10-13)19-16(20)15(18)12-6-3-2-4-7-12/h2-11,15H,18H2,1H3,(H,19,20)/t11-,15?/m0/s1. The summed E-state index contributed by atoms with van der Waals surface area (Å²) in [6, 6.07) is 15.9. The van der Waals surface area contributed by atoms with Gasteiger partial charge in [-0.05, 0) is 30.2 Å². The van der Waals surface area contributed by atoms with Crippen molar-refractivity contribution in [3.63, 3.8) is 0 Å². The molecule has 2 atom stereocenters. The maximum Gasteiger partial charge on any atom is 0.241 e. The molecule has 0 fully saturated rings. The van der Waals surface area contributed by atoms with E-state index in [1.165, 1.54) is 0 Å². The van der Waals surface area contributed by atoms with Gasteiger partial charge in [0.1, 0.15) is 6.04 Å². The lowest BCUT2D eigenvalue weighted by Gasteiger charge is -2.18. The minimum absolute atomic E-state index is 0.143. The van der Waals surface area contributed by atoms with Crippen LogP contribution in [0, 0.1) is 0 Å². The molecule has 1 unspecified atom stereocenters. The molecule has 0 saturated heterocycles. The quantitative estimate of drug-likeness (QED) is 0.907. The molecule has 0 bridgehead atoms. The fourth-order valence-electron chi connectivity index (χ4n) is 1.97. The van der Waals surface area contributed by atoms with Crippen LogP contribution in [0.2, 0.25) is 5.02 Å². The van der Waals surface area contributed by atoms with Crippen LogP contribution >= 0.6 is 11.6 Å². The molecule has 0 aliphatic rings. The SMILES string of the molecule is C[C@H](NC(=O)C(N)c1ccccc1)c1cccc(Cl)c1. The van der Waals surface area contributed by atoms with Crippen LogP contribution in [0.15, 0.2) is 54.6 Å². The van der Waals surface area contributed by atoms with Crippen LogP contribution in [0.3, 0.4) is 0 Å². The highest BCUT2D eigenvalue weighted by molar-refractivity contribution is 6.30.